The molecule has 0 N–H and O–H groups in total. The summed E-state index contributed by atoms with van der Waals surface area (Å²) < 4.78 is 6.69. The average molecular weight is 814 g/mol. The predicted octanol–water partition coefficient (Wildman–Crippen LogP) is 17.8. The molecule has 0 saturated heterocycles. The molecule has 13 rings (SSSR count). The van der Waals surface area contributed by atoms with Crippen molar-refractivity contribution >= 4 is 92.9 Å². The molecular weight excluding hydrogens is 775 g/mol. The first-order chi connectivity index (χ1) is 31.7. The van der Waals surface area contributed by atoms with Crippen LogP contribution < -0.4 is 4.90 Å². The van der Waals surface area contributed by atoms with Crippen LogP contribution in [0, 0.1) is 0 Å². The second kappa shape index (κ2) is 14.6. The van der Waals surface area contributed by atoms with Gasteiger partial charge in [0.1, 0.15) is 11.2 Å². The molecule has 0 fully saturated rings. The van der Waals surface area contributed by atoms with Gasteiger partial charge in [0.2, 0.25) is 0 Å². The Morgan fingerprint density at radius 3 is 1.33 bits per heavy atom. The summed E-state index contributed by atoms with van der Waals surface area (Å²) in [6.07, 6.45) is 0. The molecule has 13 aromatic rings. The zero-order valence-electron chi connectivity index (χ0n) is 34.9. The molecule has 0 saturated carbocycles. The van der Waals surface area contributed by atoms with E-state index in [2.05, 4.69) is 241 Å². The fraction of sp³-hybridized carbons (Fsp3) is 0. The summed E-state index contributed by atoms with van der Waals surface area (Å²) in [5.74, 6) is 0. The van der Waals surface area contributed by atoms with Gasteiger partial charge in [-0.3, -0.25) is 0 Å². The lowest BCUT2D eigenvalue weighted by Crippen LogP contribution is -2.11. The van der Waals surface area contributed by atoms with Gasteiger partial charge in [0.15, 0.2) is 0 Å². The van der Waals surface area contributed by atoms with Gasteiger partial charge >= 0.3 is 0 Å². The lowest BCUT2D eigenvalue weighted by Gasteiger charge is -2.28. The number of anilines is 3. The Balaban J connectivity index is 0.948. The Morgan fingerprint density at radius 2 is 0.719 bits per heavy atom. The van der Waals surface area contributed by atoms with Gasteiger partial charge in [-0.15, -0.1) is 0 Å². The molecule has 12 aromatic carbocycles. The Morgan fingerprint density at radius 1 is 0.281 bits per heavy atom. The van der Waals surface area contributed by atoms with Gasteiger partial charge in [-0.1, -0.05) is 182 Å². The van der Waals surface area contributed by atoms with Crippen LogP contribution >= 0.6 is 0 Å². The van der Waals surface area contributed by atoms with Crippen molar-refractivity contribution in [2.24, 2.45) is 0 Å². The Kier molecular flexibility index (Phi) is 8.25. The maximum atomic E-state index is 6.69. The molecule has 0 amide bonds. The Labute approximate surface area is 370 Å². The molecular formula is C62H39NO. The molecule has 0 bridgehead atoms. The second-order valence-electron chi connectivity index (χ2n) is 16.8. The molecule has 0 aliphatic rings. The number of para-hydroxylation sites is 1. The van der Waals surface area contributed by atoms with Crippen LogP contribution in [0.4, 0.5) is 17.1 Å². The number of furan rings is 1. The third kappa shape index (κ3) is 5.88. The topological polar surface area (TPSA) is 16.4 Å². The third-order valence-corrected chi connectivity index (χ3v) is 13.2. The fourth-order valence-electron chi connectivity index (χ4n) is 10.1. The van der Waals surface area contributed by atoms with Crippen molar-refractivity contribution < 1.29 is 4.42 Å². The van der Waals surface area contributed by atoms with Crippen molar-refractivity contribution in [2.75, 3.05) is 4.90 Å². The van der Waals surface area contributed by atoms with Crippen LogP contribution in [-0.4, -0.2) is 0 Å². The van der Waals surface area contributed by atoms with Crippen LogP contribution in [0.5, 0.6) is 0 Å². The van der Waals surface area contributed by atoms with Crippen molar-refractivity contribution in [1.29, 1.82) is 0 Å². The molecule has 0 spiro atoms. The highest BCUT2D eigenvalue weighted by Crippen LogP contribution is 2.46. The van der Waals surface area contributed by atoms with E-state index >= 15 is 0 Å². The molecule has 0 radical (unpaired) electrons. The van der Waals surface area contributed by atoms with E-state index in [0.717, 1.165) is 55.5 Å². The molecule has 0 atom stereocenters. The number of hydrogen-bond donors (Lipinski definition) is 0. The lowest BCUT2D eigenvalue weighted by atomic mass is 9.95. The second-order valence-corrected chi connectivity index (χ2v) is 16.8. The zero-order chi connectivity index (χ0) is 42.1. The molecule has 64 heavy (non-hydrogen) atoms. The molecule has 1 heterocycles. The number of fused-ring (bicyclic) bond motifs is 11. The van der Waals surface area contributed by atoms with Crippen LogP contribution in [-0.2, 0) is 0 Å². The van der Waals surface area contributed by atoms with Crippen molar-refractivity contribution in [2.45, 2.75) is 0 Å². The van der Waals surface area contributed by atoms with Crippen LogP contribution in [0.2, 0.25) is 0 Å². The summed E-state index contributed by atoms with van der Waals surface area (Å²) in [4.78, 5) is 2.40. The van der Waals surface area contributed by atoms with Gasteiger partial charge in [0.05, 0.1) is 5.69 Å². The predicted molar refractivity (Wildman–Crippen MR) is 272 cm³/mol. The minimum atomic E-state index is 0.880. The first kappa shape index (κ1) is 36.2. The lowest BCUT2D eigenvalue weighted by molar-refractivity contribution is 0.673. The number of hydrogen-bond acceptors (Lipinski definition) is 2. The average Bonchev–Trinajstić information content (AvgIpc) is 3.76. The number of rotatable bonds is 6. The molecule has 0 aliphatic carbocycles. The Hall–Kier alpha value is -8.46. The normalized spacial score (nSPS) is 11.8. The van der Waals surface area contributed by atoms with Gasteiger partial charge in [0.25, 0.3) is 0 Å². The van der Waals surface area contributed by atoms with Crippen molar-refractivity contribution in [3.63, 3.8) is 0 Å². The van der Waals surface area contributed by atoms with Gasteiger partial charge in [0, 0.05) is 33.1 Å². The molecule has 2 nitrogen and oxygen atoms in total. The quantitative estimate of drug-likeness (QED) is 0.156. The highest BCUT2D eigenvalue weighted by atomic mass is 16.3. The molecule has 2 heteroatoms. The highest BCUT2D eigenvalue weighted by molar-refractivity contribution is 6.20. The van der Waals surface area contributed by atoms with E-state index in [9.17, 15) is 0 Å². The number of benzene rings is 12. The van der Waals surface area contributed by atoms with Crippen LogP contribution in [0.25, 0.3) is 109 Å². The molecule has 0 aliphatic heterocycles. The third-order valence-electron chi connectivity index (χ3n) is 13.2. The minimum absolute atomic E-state index is 0.880. The standard InChI is InChI=1S/C62H39NO/c1-4-13-51-42(10-1)20-22-47-38-45(29-35-53(47)51)40-24-31-49(32-25-40)63(50-33-26-41(27-34-50)46-30-36-54-48(39-46)23-21-43-11-2-5-14-52(43)54)59-18-8-7-16-56(59)57-17-9-19-60-61(57)58-37-28-44-12-3-6-15-55(44)62(58)64-60/h1-39H. The minimum Gasteiger partial charge on any atom is -0.455 e. The molecule has 1 aromatic heterocycles. The monoisotopic (exact) mass is 813 g/mol. The first-order valence-electron chi connectivity index (χ1n) is 22.0. The van der Waals surface area contributed by atoms with Crippen LogP contribution in [0.15, 0.2) is 241 Å². The van der Waals surface area contributed by atoms with Gasteiger partial charge in [-0.05, 0) is 131 Å². The van der Waals surface area contributed by atoms with E-state index in [0.29, 0.717) is 0 Å². The first-order valence-corrected chi connectivity index (χ1v) is 22.0. The summed E-state index contributed by atoms with van der Waals surface area (Å²) in [6.45, 7) is 0. The summed E-state index contributed by atoms with van der Waals surface area (Å²) in [7, 11) is 0. The van der Waals surface area contributed by atoms with Crippen LogP contribution in [0.3, 0.4) is 0 Å². The SMILES string of the molecule is c1ccc(N(c2ccc(-c3ccc4c(ccc5ccccc54)c3)cc2)c2ccc(-c3ccc4c(ccc5ccccc54)c3)cc2)c(-c2cccc3oc4c5ccccc5ccc4c23)c1. The largest absolute Gasteiger partial charge is 0.455 e. The van der Waals surface area contributed by atoms with Crippen molar-refractivity contribution in [3.8, 4) is 33.4 Å². The summed E-state index contributed by atoms with van der Waals surface area (Å²) >= 11 is 0. The van der Waals surface area contributed by atoms with E-state index < -0.39 is 0 Å². The zero-order valence-corrected chi connectivity index (χ0v) is 34.9. The Bertz CT molecular complexity index is 3790. The van der Waals surface area contributed by atoms with E-state index in [1.807, 2.05) is 0 Å². The number of nitrogens with zero attached hydrogens (tertiary/aromatic N) is 1. The van der Waals surface area contributed by atoms with Gasteiger partial charge < -0.3 is 9.32 Å². The van der Waals surface area contributed by atoms with E-state index in [1.165, 1.54) is 70.7 Å². The summed E-state index contributed by atoms with van der Waals surface area (Å²) in [5, 5.41) is 14.6. The maximum absolute atomic E-state index is 6.69. The van der Waals surface area contributed by atoms with Crippen molar-refractivity contribution in [1.82, 2.24) is 0 Å². The van der Waals surface area contributed by atoms with E-state index in [1.54, 1.807) is 0 Å². The van der Waals surface area contributed by atoms with E-state index in [4.69, 9.17) is 4.42 Å². The van der Waals surface area contributed by atoms with Gasteiger partial charge in [-0.2, -0.15) is 0 Å². The smallest absolute Gasteiger partial charge is 0.143 e. The maximum Gasteiger partial charge on any atom is 0.143 e. The fourth-order valence-corrected chi connectivity index (χ4v) is 10.1. The van der Waals surface area contributed by atoms with E-state index in [-0.39, 0.29) is 0 Å². The van der Waals surface area contributed by atoms with Crippen LogP contribution in [0.1, 0.15) is 0 Å². The summed E-state index contributed by atoms with van der Waals surface area (Å²) in [6, 6.07) is 86.1. The van der Waals surface area contributed by atoms with Crippen molar-refractivity contribution in [3.05, 3.63) is 237 Å². The summed E-state index contributed by atoms with van der Waals surface area (Å²) in [5.41, 5.74) is 12.0. The molecule has 298 valence electrons. The molecule has 0 unspecified atom stereocenters. The van der Waals surface area contributed by atoms with Gasteiger partial charge in [-0.25, -0.2) is 0 Å². The highest BCUT2D eigenvalue weighted by Gasteiger charge is 2.21.